The van der Waals surface area contributed by atoms with E-state index < -0.39 is 0 Å². The van der Waals surface area contributed by atoms with Crippen molar-refractivity contribution in [1.82, 2.24) is 30.9 Å². The molecule has 2 aromatic rings. The van der Waals surface area contributed by atoms with Crippen molar-refractivity contribution >= 4 is 11.8 Å². The summed E-state index contributed by atoms with van der Waals surface area (Å²) in [6.45, 7) is 6.42. The Morgan fingerprint density at radius 1 is 1.07 bits per heavy atom. The molecule has 1 aromatic carbocycles. The molecule has 1 saturated heterocycles. The minimum atomic E-state index is -0.266. The zero-order chi connectivity index (χ0) is 19.2. The molecule has 8 heteroatoms. The number of nitrogens with one attached hydrogen (secondary N) is 3. The van der Waals surface area contributed by atoms with Gasteiger partial charge in [0.2, 0.25) is 0 Å². The van der Waals surface area contributed by atoms with Crippen LogP contribution in [0.4, 0.5) is 0 Å². The summed E-state index contributed by atoms with van der Waals surface area (Å²) in [5, 5.41) is 17.1. The van der Waals surface area contributed by atoms with Crippen LogP contribution in [-0.4, -0.2) is 53.0 Å². The lowest BCUT2D eigenvalue weighted by Gasteiger charge is -2.23. The van der Waals surface area contributed by atoms with E-state index in [2.05, 4.69) is 26.3 Å². The molecule has 1 aliphatic rings. The van der Waals surface area contributed by atoms with E-state index >= 15 is 0 Å². The van der Waals surface area contributed by atoms with Crippen molar-refractivity contribution in [2.24, 2.45) is 0 Å². The molecule has 144 valence electrons. The van der Waals surface area contributed by atoms with Crippen LogP contribution in [0.3, 0.4) is 0 Å². The zero-order valence-corrected chi connectivity index (χ0v) is 15.8. The predicted molar refractivity (Wildman–Crippen MR) is 102 cm³/mol. The highest BCUT2D eigenvalue weighted by Gasteiger charge is 2.22. The lowest BCUT2D eigenvalue weighted by Crippen LogP contribution is -2.35. The van der Waals surface area contributed by atoms with Crippen LogP contribution >= 0.6 is 0 Å². The average Bonchev–Trinajstić information content (AvgIpc) is 3.07. The van der Waals surface area contributed by atoms with Crippen molar-refractivity contribution in [2.45, 2.75) is 32.7 Å². The first-order valence-electron chi connectivity index (χ1n) is 9.32. The second-order valence-electron chi connectivity index (χ2n) is 6.83. The molecule has 8 nitrogen and oxygen atoms in total. The number of hydrogen-bond acceptors (Lipinski definition) is 5. The van der Waals surface area contributed by atoms with Gasteiger partial charge in [0.05, 0.1) is 11.7 Å². The van der Waals surface area contributed by atoms with Gasteiger partial charge in [0.1, 0.15) is 0 Å². The molecule has 0 atom stereocenters. The molecule has 2 heterocycles. The third-order valence-corrected chi connectivity index (χ3v) is 4.81. The molecule has 1 aromatic heterocycles. The first-order valence-corrected chi connectivity index (χ1v) is 9.32. The van der Waals surface area contributed by atoms with E-state index in [1.165, 1.54) is 0 Å². The van der Waals surface area contributed by atoms with E-state index in [0.717, 1.165) is 37.2 Å². The van der Waals surface area contributed by atoms with Crippen molar-refractivity contribution in [3.05, 3.63) is 46.8 Å². The maximum Gasteiger partial charge on any atom is 0.273 e. The van der Waals surface area contributed by atoms with Crippen molar-refractivity contribution in [3.63, 3.8) is 0 Å². The molecule has 0 spiro atoms. The summed E-state index contributed by atoms with van der Waals surface area (Å²) >= 11 is 0. The van der Waals surface area contributed by atoms with Gasteiger partial charge in [0, 0.05) is 18.7 Å². The Kier molecular flexibility index (Phi) is 6.18. The summed E-state index contributed by atoms with van der Waals surface area (Å²) < 4.78 is 1.86. The average molecular weight is 370 g/mol. The van der Waals surface area contributed by atoms with Gasteiger partial charge in [0.25, 0.3) is 11.8 Å². The number of benzene rings is 1. The molecule has 27 heavy (non-hydrogen) atoms. The largest absolute Gasteiger partial charge is 0.350 e. The fourth-order valence-electron chi connectivity index (χ4n) is 3.19. The smallest absolute Gasteiger partial charge is 0.273 e. The number of amides is 2. The molecular weight excluding hydrogens is 344 g/mol. The molecule has 0 bridgehead atoms. The molecule has 0 unspecified atom stereocenters. The highest BCUT2D eigenvalue weighted by atomic mass is 16.2. The number of aromatic nitrogens is 3. The zero-order valence-electron chi connectivity index (χ0n) is 15.8. The maximum atomic E-state index is 12.4. The lowest BCUT2D eigenvalue weighted by molar-refractivity contribution is 0.0924. The van der Waals surface area contributed by atoms with Crippen LogP contribution in [0.15, 0.2) is 24.3 Å². The second kappa shape index (κ2) is 8.77. The standard InChI is InChI=1S/C19H26N6O2/c1-13-3-5-15(6-4-13)18(26)21-11-12-22-19(27)17-14(2)25(24-23-17)16-7-9-20-10-8-16/h3-6,16,20H,7-12H2,1-2H3,(H,21,26)(H,22,27). The highest BCUT2D eigenvalue weighted by molar-refractivity contribution is 5.94. The van der Waals surface area contributed by atoms with Gasteiger partial charge in [-0.25, -0.2) is 4.68 Å². The Hall–Kier alpha value is -2.74. The molecule has 0 radical (unpaired) electrons. The summed E-state index contributed by atoms with van der Waals surface area (Å²) in [4.78, 5) is 24.4. The summed E-state index contributed by atoms with van der Waals surface area (Å²) in [6, 6.07) is 7.64. The number of carbonyl (C=O) groups excluding carboxylic acids is 2. The normalized spacial score (nSPS) is 14.7. The molecule has 0 saturated carbocycles. The Labute approximate surface area is 158 Å². The molecular formula is C19H26N6O2. The molecule has 3 rings (SSSR count). The maximum absolute atomic E-state index is 12.4. The van der Waals surface area contributed by atoms with E-state index in [4.69, 9.17) is 0 Å². The molecule has 1 aliphatic heterocycles. The van der Waals surface area contributed by atoms with Crippen LogP contribution < -0.4 is 16.0 Å². The Morgan fingerprint density at radius 3 is 2.37 bits per heavy atom. The predicted octanol–water partition coefficient (Wildman–Crippen LogP) is 0.979. The van der Waals surface area contributed by atoms with Gasteiger partial charge < -0.3 is 16.0 Å². The van der Waals surface area contributed by atoms with Gasteiger partial charge in [-0.2, -0.15) is 0 Å². The fraction of sp³-hybridized carbons (Fsp3) is 0.474. The quantitative estimate of drug-likeness (QED) is 0.658. The first-order chi connectivity index (χ1) is 13.1. The summed E-state index contributed by atoms with van der Waals surface area (Å²) in [6.07, 6.45) is 1.96. The van der Waals surface area contributed by atoms with Gasteiger partial charge in [0.15, 0.2) is 5.69 Å². The number of hydrogen-bond donors (Lipinski definition) is 3. The number of carbonyl (C=O) groups is 2. The van der Waals surface area contributed by atoms with E-state index in [1.807, 2.05) is 30.7 Å². The van der Waals surface area contributed by atoms with Crippen LogP contribution in [0, 0.1) is 13.8 Å². The third kappa shape index (κ3) is 4.71. The topological polar surface area (TPSA) is 101 Å². The second-order valence-corrected chi connectivity index (χ2v) is 6.83. The van der Waals surface area contributed by atoms with Crippen LogP contribution in [0.1, 0.15) is 51.0 Å². The summed E-state index contributed by atoms with van der Waals surface area (Å²) in [5.74, 6) is -0.422. The summed E-state index contributed by atoms with van der Waals surface area (Å²) in [5.41, 5.74) is 2.83. The van der Waals surface area contributed by atoms with Crippen LogP contribution in [0.5, 0.6) is 0 Å². The highest BCUT2D eigenvalue weighted by Crippen LogP contribution is 2.20. The minimum absolute atomic E-state index is 0.155. The van der Waals surface area contributed by atoms with E-state index in [0.29, 0.717) is 24.3 Å². The minimum Gasteiger partial charge on any atom is -0.350 e. The Bertz CT molecular complexity index is 793. The monoisotopic (exact) mass is 370 g/mol. The third-order valence-electron chi connectivity index (χ3n) is 4.81. The van der Waals surface area contributed by atoms with E-state index in [9.17, 15) is 9.59 Å². The molecule has 0 aliphatic carbocycles. The number of nitrogens with zero attached hydrogens (tertiary/aromatic N) is 3. The van der Waals surface area contributed by atoms with Gasteiger partial charge in [-0.3, -0.25) is 9.59 Å². The van der Waals surface area contributed by atoms with Crippen LogP contribution in [0.25, 0.3) is 0 Å². The SMILES string of the molecule is Cc1ccc(C(=O)NCCNC(=O)c2nnn(C3CCNCC3)c2C)cc1. The van der Waals surface area contributed by atoms with E-state index in [1.54, 1.807) is 12.1 Å². The van der Waals surface area contributed by atoms with Crippen molar-refractivity contribution in [3.8, 4) is 0 Å². The van der Waals surface area contributed by atoms with Gasteiger partial charge in [-0.15, -0.1) is 5.10 Å². The Balaban J connectivity index is 1.47. The summed E-state index contributed by atoms with van der Waals surface area (Å²) in [7, 11) is 0. The van der Waals surface area contributed by atoms with Crippen LogP contribution in [-0.2, 0) is 0 Å². The van der Waals surface area contributed by atoms with Gasteiger partial charge >= 0.3 is 0 Å². The lowest BCUT2D eigenvalue weighted by atomic mass is 10.1. The number of piperidine rings is 1. The number of aryl methyl sites for hydroxylation is 1. The van der Waals surface area contributed by atoms with Crippen molar-refractivity contribution in [2.75, 3.05) is 26.2 Å². The molecule has 2 amide bonds. The molecule has 1 fully saturated rings. The fourth-order valence-corrected chi connectivity index (χ4v) is 3.19. The van der Waals surface area contributed by atoms with E-state index in [-0.39, 0.29) is 17.9 Å². The van der Waals surface area contributed by atoms with Crippen molar-refractivity contribution in [1.29, 1.82) is 0 Å². The van der Waals surface area contributed by atoms with Crippen LogP contribution in [0.2, 0.25) is 0 Å². The first kappa shape index (κ1) is 19.0. The van der Waals surface area contributed by atoms with Gasteiger partial charge in [-0.1, -0.05) is 22.9 Å². The van der Waals surface area contributed by atoms with Crippen molar-refractivity contribution < 1.29 is 9.59 Å². The Morgan fingerprint density at radius 2 is 1.70 bits per heavy atom. The van der Waals surface area contributed by atoms with Gasteiger partial charge in [-0.05, 0) is 51.9 Å². The molecule has 3 N–H and O–H groups in total. The number of rotatable bonds is 6.